The van der Waals surface area contributed by atoms with Crippen LogP contribution in [0.3, 0.4) is 0 Å². The van der Waals surface area contributed by atoms with Crippen LogP contribution in [0.5, 0.6) is 5.88 Å². The van der Waals surface area contributed by atoms with Crippen molar-refractivity contribution in [1.82, 2.24) is 19.9 Å². The first-order chi connectivity index (χ1) is 12.2. The molecule has 4 heterocycles. The van der Waals surface area contributed by atoms with E-state index in [9.17, 15) is 4.79 Å². The highest BCUT2D eigenvalue weighted by molar-refractivity contribution is 7.17. The quantitative estimate of drug-likeness (QED) is 0.758. The normalized spacial score (nSPS) is 13.6. The molecule has 128 valence electrons. The van der Waals surface area contributed by atoms with E-state index in [0.717, 1.165) is 35.3 Å². The van der Waals surface area contributed by atoms with Gasteiger partial charge in [-0.15, -0.1) is 11.3 Å². The Morgan fingerprint density at radius 2 is 2.20 bits per heavy atom. The molecule has 0 aliphatic carbocycles. The molecule has 3 aromatic heterocycles. The van der Waals surface area contributed by atoms with Crippen molar-refractivity contribution in [2.24, 2.45) is 0 Å². The Kier molecular flexibility index (Phi) is 4.19. The molecule has 0 unspecified atom stereocenters. The van der Waals surface area contributed by atoms with Gasteiger partial charge in [-0.3, -0.25) is 4.79 Å². The van der Waals surface area contributed by atoms with Gasteiger partial charge in [-0.2, -0.15) is 0 Å². The van der Waals surface area contributed by atoms with Crippen LogP contribution in [0.15, 0.2) is 29.8 Å². The molecule has 0 aromatic carbocycles. The molecule has 0 bridgehead atoms. The van der Waals surface area contributed by atoms with Crippen molar-refractivity contribution in [2.45, 2.75) is 13.0 Å². The van der Waals surface area contributed by atoms with Gasteiger partial charge in [-0.1, -0.05) is 6.07 Å². The zero-order chi connectivity index (χ0) is 17.2. The molecule has 1 fully saturated rings. The average molecular weight is 355 g/mol. The number of thiophene rings is 1. The summed E-state index contributed by atoms with van der Waals surface area (Å²) in [6.07, 6.45) is 2.79. The zero-order valence-corrected chi connectivity index (χ0v) is 14.5. The number of hydrogen-bond donors (Lipinski definition) is 1. The molecule has 1 N–H and O–H groups in total. The number of nitrogens with one attached hydrogen (secondary N) is 1. The van der Waals surface area contributed by atoms with E-state index in [4.69, 9.17) is 4.74 Å². The number of methoxy groups -OCH3 is 1. The number of rotatable bonds is 5. The Morgan fingerprint density at radius 1 is 1.32 bits per heavy atom. The van der Waals surface area contributed by atoms with Crippen LogP contribution in [-0.2, 0) is 6.54 Å². The van der Waals surface area contributed by atoms with Crippen LogP contribution >= 0.6 is 11.3 Å². The predicted octanol–water partition coefficient (Wildman–Crippen LogP) is 2.55. The monoisotopic (exact) mass is 355 g/mol. The number of anilines is 1. The van der Waals surface area contributed by atoms with Crippen molar-refractivity contribution < 1.29 is 9.53 Å². The van der Waals surface area contributed by atoms with E-state index >= 15 is 0 Å². The van der Waals surface area contributed by atoms with Crippen molar-refractivity contribution in [3.05, 3.63) is 41.0 Å². The zero-order valence-electron chi connectivity index (χ0n) is 13.7. The number of carbonyl (C=O) groups is 1. The van der Waals surface area contributed by atoms with Gasteiger partial charge in [0.25, 0.3) is 5.91 Å². The highest BCUT2D eigenvalue weighted by Gasteiger charge is 2.25. The van der Waals surface area contributed by atoms with Crippen LogP contribution < -0.4 is 10.1 Å². The molecule has 0 radical (unpaired) electrons. The number of nitrogens with zero attached hydrogens (tertiary/aromatic N) is 4. The summed E-state index contributed by atoms with van der Waals surface area (Å²) in [5.41, 5.74) is 2.25. The Labute approximate surface area is 148 Å². The van der Waals surface area contributed by atoms with E-state index in [0.29, 0.717) is 24.1 Å². The average Bonchev–Trinajstić information content (AvgIpc) is 3.06. The molecule has 4 rings (SSSR count). The molecule has 1 amide bonds. The molecule has 1 aliphatic rings. The summed E-state index contributed by atoms with van der Waals surface area (Å²) in [6, 6.07) is 5.64. The van der Waals surface area contributed by atoms with Gasteiger partial charge < -0.3 is 15.0 Å². The van der Waals surface area contributed by atoms with Gasteiger partial charge in [-0.05, 0) is 23.4 Å². The minimum Gasteiger partial charge on any atom is -0.481 e. The highest BCUT2D eigenvalue weighted by Crippen LogP contribution is 2.26. The Balaban J connectivity index is 1.57. The largest absolute Gasteiger partial charge is 0.481 e. The first-order valence-corrected chi connectivity index (χ1v) is 8.90. The number of pyridine rings is 1. The number of amides is 1. The van der Waals surface area contributed by atoms with Gasteiger partial charge >= 0.3 is 0 Å². The fourth-order valence-electron chi connectivity index (χ4n) is 2.57. The second-order valence-corrected chi connectivity index (χ2v) is 6.66. The summed E-state index contributed by atoms with van der Waals surface area (Å²) in [7, 11) is 1.58. The SMILES string of the molecule is COc1ccc(CNc2nc(C(=O)N3CCC3)c3sccc3n2)cn1. The third-order valence-electron chi connectivity index (χ3n) is 4.11. The third-order valence-corrected chi connectivity index (χ3v) is 5.02. The molecule has 8 heteroatoms. The van der Waals surface area contributed by atoms with Crippen LogP contribution in [0.2, 0.25) is 0 Å². The van der Waals surface area contributed by atoms with E-state index in [1.54, 1.807) is 19.4 Å². The number of likely N-dealkylation sites (tertiary alicyclic amines) is 1. The molecular formula is C17H17N5O2S. The summed E-state index contributed by atoms with van der Waals surface area (Å²) < 4.78 is 5.90. The van der Waals surface area contributed by atoms with E-state index in [2.05, 4.69) is 20.3 Å². The molecule has 3 aromatic rings. The van der Waals surface area contributed by atoms with Crippen LogP contribution in [-0.4, -0.2) is 46.0 Å². The number of aromatic nitrogens is 3. The van der Waals surface area contributed by atoms with Crippen molar-refractivity contribution in [1.29, 1.82) is 0 Å². The summed E-state index contributed by atoms with van der Waals surface area (Å²) in [4.78, 5) is 27.6. The lowest BCUT2D eigenvalue weighted by atomic mass is 10.2. The standard InChI is InChI=1S/C17H17N5O2S/c1-24-13-4-3-11(9-18-13)10-19-17-20-12-5-8-25-15(12)14(21-17)16(23)22-6-2-7-22/h3-5,8-9H,2,6-7,10H2,1H3,(H,19,20,21). The molecule has 0 spiro atoms. The van der Waals surface area contributed by atoms with Crippen LogP contribution in [0.25, 0.3) is 10.2 Å². The van der Waals surface area contributed by atoms with Crippen molar-refractivity contribution in [3.8, 4) is 5.88 Å². The van der Waals surface area contributed by atoms with Crippen molar-refractivity contribution in [2.75, 3.05) is 25.5 Å². The van der Waals surface area contributed by atoms with Crippen molar-refractivity contribution in [3.63, 3.8) is 0 Å². The number of hydrogen-bond acceptors (Lipinski definition) is 7. The highest BCUT2D eigenvalue weighted by atomic mass is 32.1. The van der Waals surface area contributed by atoms with Gasteiger partial charge in [0.2, 0.25) is 11.8 Å². The Hall–Kier alpha value is -2.74. The lowest BCUT2D eigenvalue weighted by molar-refractivity contribution is 0.0648. The minimum atomic E-state index is -0.0183. The molecule has 0 atom stereocenters. The molecule has 7 nitrogen and oxygen atoms in total. The maximum absolute atomic E-state index is 12.6. The van der Waals surface area contributed by atoms with Gasteiger partial charge in [0.15, 0.2) is 5.69 Å². The van der Waals surface area contributed by atoms with Gasteiger partial charge in [0.05, 0.1) is 17.3 Å². The molecule has 25 heavy (non-hydrogen) atoms. The fraction of sp³-hybridized carbons (Fsp3) is 0.294. The summed E-state index contributed by atoms with van der Waals surface area (Å²) in [6.45, 7) is 2.12. The van der Waals surface area contributed by atoms with Gasteiger partial charge in [-0.25, -0.2) is 15.0 Å². The number of ether oxygens (including phenoxy) is 1. The predicted molar refractivity (Wildman–Crippen MR) is 96.1 cm³/mol. The van der Waals surface area contributed by atoms with Crippen LogP contribution in [0, 0.1) is 0 Å². The van der Waals surface area contributed by atoms with E-state index in [-0.39, 0.29) is 5.91 Å². The second-order valence-electron chi connectivity index (χ2n) is 5.74. The van der Waals surface area contributed by atoms with E-state index < -0.39 is 0 Å². The molecule has 0 saturated carbocycles. The lowest BCUT2D eigenvalue weighted by Gasteiger charge is -2.30. The van der Waals surface area contributed by atoms with Crippen molar-refractivity contribution >= 4 is 33.4 Å². The summed E-state index contributed by atoms with van der Waals surface area (Å²) in [5.74, 6) is 1.00. The lowest BCUT2D eigenvalue weighted by Crippen LogP contribution is -2.42. The smallest absolute Gasteiger partial charge is 0.274 e. The molecule has 1 saturated heterocycles. The first-order valence-electron chi connectivity index (χ1n) is 8.02. The molecule has 1 aliphatic heterocycles. The number of fused-ring (bicyclic) bond motifs is 1. The Bertz CT molecular complexity index is 905. The topological polar surface area (TPSA) is 80.2 Å². The maximum atomic E-state index is 12.6. The van der Waals surface area contributed by atoms with Crippen LogP contribution in [0.1, 0.15) is 22.5 Å². The summed E-state index contributed by atoms with van der Waals surface area (Å²) in [5, 5.41) is 5.12. The minimum absolute atomic E-state index is 0.0183. The van der Waals surface area contributed by atoms with Gasteiger partial charge in [0, 0.05) is 31.9 Å². The van der Waals surface area contributed by atoms with E-state index in [1.807, 2.05) is 22.4 Å². The maximum Gasteiger partial charge on any atom is 0.274 e. The number of carbonyl (C=O) groups excluding carboxylic acids is 1. The first kappa shape index (κ1) is 15.8. The fourth-order valence-corrected chi connectivity index (χ4v) is 3.39. The Morgan fingerprint density at radius 3 is 2.88 bits per heavy atom. The third kappa shape index (κ3) is 3.12. The van der Waals surface area contributed by atoms with Gasteiger partial charge in [0.1, 0.15) is 0 Å². The van der Waals surface area contributed by atoms with E-state index in [1.165, 1.54) is 11.3 Å². The summed E-state index contributed by atoms with van der Waals surface area (Å²) >= 11 is 1.50. The second kappa shape index (κ2) is 6.64. The van der Waals surface area contributed by atoms with Crippen LogP contribution in [0.4, 0.5) is 5.95 Å². The molecular weight excluding hydrogens is 338 g/mol.